The van der Waals surface area contributed by atoms with Crippen molar-refractivity contribution >= 4 is 18.4 Å². The maximum Gasteiger partial charge on any atom is 0.338 e. The van der Waals surface area contributed by atoms with Crippen molar-refractivity contribution in [2.24, 2.45) is 0 Å². The summed E-state index contributed by atoms with van der Waals surface area (Å²) in [6, 6.07) is 0.551. The highest BCUT2D eigenvalue weighted by Crippen LogP contribution is 2.22. The Labute approximate surface area is 112 Å². The van der Waals surface area contributed by atoms with Crippen LogP contribution in [0.5, 0.6) is 12.0 Å². The average Bonchev–Trinajstić information content (AvgIpc) is 2.39. The van der Waals surface area contributed by atoms with Crippen LogP contribution in [0.2, 0.25) is 0 Å². The molecule has 0 amide bonds. The minimum atomic E-state index is 0. The van der Waals surface area contributed by atoms with E-state index in [0.29, 0.717) is 23.6 Å². The number of likely N-dealkylation sites (N-methyl/N-ethyl adjacent to an activating group) is 1. The van der Waals surface area contributed by atoms with Crippen molar-refractivity contribution < 1.29 is 14.2 Å². The van der Waals surface area contributed by atoms with E-state index in [4.69, 9.17) is 14.2 Å². The number of aromatic nitrogens is 3. The Morgan fingerprint density at radius 3 is 1.94 bits per heavy atom. The Bertz CT molecular complexity index is 376. The summed E-state index contributed by atoms with van der Waals surface area (Å²) in [5.41, 5.74) is 0. The molecule has 0 bridgehead atoms. The number of methoxy groups -OCH3 is 2. The van der Waals surface area contributed by atoms with Crippen LogP contribution in [0.15, 0.2) is 0 Å². The first-order chi connectivity index (χ1) is 8.18. The zero-order valence-electron chi connectivity index (χ0n) is 10.8. The standard InChI is InChI=1S/C10H17N4O3.ClH/c1-14(4-6-17-7-5-14)8-11-9(15-2)13-10(12-8)16-3;/h4-7H2,1-3H3;1H/q+1;. The lowest BCUT2D eigenvalue weighted by Gasteiger charge is -2.34. The first-order valence-corrected chi connectivity index (χ1v) is 5.45. The summed E-state index contributed by atoms with van der Waals surface area (Å²) in [5.74, 6) is 0.650. The van der Waals surface area contributed by atoms with Crippen molar-refractivity contribution in [3.63, 3.8) is 0 Å². The molecule has 18 heavy (non-hydrogen) atoms. The topological polar surface area (TPSA) is 66.4 Å². The van der Waals surface area contributed by atoms with Crippen molar-refractivity contribution in [3.05, 3.63) is 0 Å². The average molecular weight is 278 g/mol. The molecule has 1 aliphatic heterocycles. The van der Waals surface area contributed by atoms with Gasteiger partial charge in [-0.1, -0.05) is 0 Å². The maximum atomic E-state index is 5.35. The molecule has 1 fully saturated rings. The van der Waals surface area contributed by atoms with Crippen molar-refractivity contribution in [2.75, 3.05) is 47.6 Å². The highest BCUT2D eigenvalue weighted by atomic mass is 35.5. The maximum absolute atomic E-state index is 5.35. The molecular formula is C10H18ClN4O3+. The van der Waals surface area contributed by atoms with Crippen LogP contribution in [0.4, 0.5) is 5.95 Å². The van der Waals surface area contributed by atoms with E-state index in [1.165, 1.54) is 14.2 Å². The van der Waals surface area contributed by atoms with E-state index in [1.54, 1.807) is 0 Å². The second-order valence-electron chi connectivity index (χ2n) is 4.06. The normalized spacial score (nSPS) is 17.7. The minimum Gasteiger partial charge on any atom is -0.466 e. The molecule has 7 nitrogen and oxygen atoms in total. The second-order valence-corrected chi connectivity index (χ2v) is 4.06. The molecule has 0 atom stereocenters. The molecule has 2 rings (SSSR count). The van der Waals surface area contributed by atoms with Gasteiger partial charge in [-0.2, -0.15) is 0 Å². The van der Waals surface area contributed by atoms with Gasteiger partial charge in [0.15, 0.2) is 0 Å². The quantitative estimate of drug-likeness (QED) is 0.740. The monoisotopic (exact) mass is 277 g/mol. The van der Waals surface area contributed by atoms with Crippen LogP contribution in [0.1, 0.15) is 0 Å². The van der Waals surface area contributed by atoms with Crippen molar-refractivity contribution in [3.8, 4) is 12.0 Å². The Morgan fingerprint density at radius 1 is 1.00 bits per heavy atom. The van der Waals surface area contributed by atoms with Crippen LogP contribution in [0, 0.1) is 0 Å². The lowest BCUT2D eigenvalue weighted by molar-refractivity contribution is 0.0489. The highest BCUT2D eigenvalue weighted by Gasteiger charge is 2.32. The summed E-state index contributed by atoms with van der Waals surface area (Å²) in [4.78, 5) is 12.6. The molecule has 102 valence electrons. The molecule has 0 spiro atoms. The number of morpholine rings is 1. The molecule has 0 saturated carbocycles. The van der Waals surface area contributed by atoms with Crippen LogP contribution in [-0.4, -0.2) is 62.5 Å². The summed E-state index contributed by atoms with van der Waals surface area (Å²) >= 11 is 0. The number of rotatable bonds is 3. The lowest BCUT2D eigenvalue weighted by Crippen LogP contribution is -2.54. The Hall–Kier alpha value is -1.18. The largest absolute Gasteiger partial charge is 0.466 e. The molecule has 1 aliphatic rings. The third kappa shape index (κ3) is 2.98. The molecule has 8 heteroatoms. The SMILES string of the molecule is COc1nc(OC)nc([N+]2(C)CCOCC2)n1.Cl. The first-order valence-electron chi connectivity index (χ1n) is 5.45. The van der Waals surface area contributed by atoms with Crippen molar-refractivity contribution in [2.45, 2.75) is 0 Å². The fourth-order valence-electron chi connectivity index (χ4n) is 1.70. The predicted molar refractivity (Wildman–Crippen MR) is 68.5 cm³/mol. The molecule has 1 aromatic heterocycles. The highest BCUT2D eigenvalue weighted by molar-refractivity contribution is 5.85. The molecule has 0 N–H and O–H groups in total. The van der Waals surface area contributed by atoms with Gasteiger partial charge in [-0.15, -0.1) is 27.4 Å². The molecular weight excluding hydrogens is 260 g/mol. The molecule has 2 heterocycles. The molecule has 1 aromatic rings. The van der Waals surface area contributed by atoms with Crippen LogP contribution in [-0.2, 0) is 4.74 Å². The van der Waals surface area contributed by atoms with E-state index in [-0.39, 0.29) is 24.4 Å². The van der Waals surface area contributed by atoms with Crippen molar-refractivity contribution in [1.82, 2.24) is 19.4 Å². The van der Waals surface area contributed by atoms with Gasteiger partial charge in [0, 0.05) is 0 Å². The van der Waals surface area contributed by atoms with Crippen LogP contribution < -0.4 is 14.0 Å². The van der Waals surface area contributed by atoms with E-state index in [9.17, 15) is 0 Å². The van der Waals surface area contributed by atoms with Crippen LogP contribution in [0.3, 0.4) is 0 Å². The summed E-state index contributed by atoms with van der Waals surface area (Å²) in [7, 11) is 5.12. The summed E-state index contributed by atoms with van der Waals surface area (Å²) < 4.78 is 16.1. The minimum absolute atomic E-state index is 0. The van der Waals surface area contributed by atoms with Crippen molar-refractivity contribution in [1.29, 1.82) is 0 Å². The van der Waals surface area contributed by atoms with Gasteiger partial charge in [0.2, 0.25) is 0 Å². The van der Waals surface area contributed by atoms with Crippen LogP contribution in [0.25, 0.3) is 0 Å². The van der Waals surface area contributed by atoms with Gasteiger partial charge in [-0.05, 0) is 0 Å². The lowest BCUT2D eigenvalue weighted by atomic mass is 10.4. The number of quaternary nitrogens is 1. The number of nitrogens with zero attached hydrogens (tertiary/aromatic N) is 4. The molecule has 1 saturated heterocycles. The third-order valence-electron chi connectivity index (χ3n) is 2.89. The predicted octanol–water partition coefficient (Wildman–Crippen LogP) is 0.278. The molecule has 0 aromatic carbocycles. The zero-order chi connectivity index (χ0) is 12.3. The van der Waals surface area contributed by atoms with E-state index < -0.39 is 0 Å². The zero-order valence-corrected chi connectivity index (χ0v) is 11.6. The molecule has 0 aliphatic carbocycles. The van der Waals surface area contributed by atoms with Gasteiger partial charge >= 0.3 is 18.0 Å². The fourth-order valence-corrected chi connectivity index (χ4v) is 1.70. The van der Waals surface area contributed by atoms with Gasteiger partial charge in [0.1, 0.15) is 13.1 Å². The summed E-state index contributed by atoms with van der Waals surface area (Å²) in [6.07, 6.45) is 0. The number of halogens is 1. The number of ether oxygens (including phenoxy) is 3. The number of hydrogen-bond acceptors (Lipinski definition) is 6. The van der Waals surface area contributed by atoms with Gasteiger partial charge in [-0.25, -0.2) is 0 Å². The Kier molecular flexibility index (Phi) is 5.06. The molecule has 0 radical (unpaired) electrons. The Balaban J connectivity index is 0.00000162. The third-order valence-corrected chi connectivity index (χ3v) is 2.89. The van der Waals surface area contributed by atoms with Gasteiger partial charge in [0.05, 0.1) is 34.5 Å². The smallest absolute Gasteiger partial charge is 0.338 e. The summed E-state index contributed by atoms with van der Waals surface area (Å²) in [6.45, 7) is 3.06. The second kappa shape index (κ2) is 6.12. The van der Waals surface area contributed by atoms with Gasteiger partial charge in [0.25, 0.3) is 0 Å². The first kappa shape index (κ1) is 14.9. The number of hydrogen-bond donors (Lipinski definition) is 0. The molecule has 0 unspecified atom stereocenters. The summed E-state index contributed by atoms with van der Waals surface area (Å²) in [5, 5.41) is 0. The van der Waals surface area contributed by atoms with Crippen LogP contribution >= 0.6 is 12.4 Å². The van der Waals surface area contributed by atoms with Gasteiger partial charge < -0.3 is 14.2 Å². The Morgan fingerprint density at radius 2 is 1.50 bits per heavy atom. The van der Waals surface area contributed by atoms with E-state index >= 15 is 0 Å². The van der Waals surface area contributed by atoms with E-state index in [2.05, 4.69) is 22.0 Å². The van der Waals surface area contributed by atoms with E-state index in [1.807, 2.05) is 0 Å². The fraction of sp³-hybridized carbons (Fsp3) is 0.700. The van der Waals surface area contributed by atoms with Gasteiger partial charge in [-0.3, -0.25) is 4.48 Å². The van der Waals surface area contributed by atoms with E-state index in [0.717, 1.165) is 13.1 Å².